The number of hydrogen-bond donors (Lipinski definition) is 1. The largest absolute Gasteiger partial charge is 0.367 e. The minimum atomic E-state index is -0.507. The van der Waals surface area contributed by atoms with Crippen LogP contribution in [0.4, 0.5) is 4.79 Å². The molecule has 0 aromatic carbocycles. The van der Waals surface area contributed by atoms with Crippen LogP contribution in [0.15, 0.2) is 18.7 Å². The van der Waals surface area contributed by atoms with Crippen molar-refractivity contribution in [3.05, 3.63) is 18.7 Å². The van der Waals surface area contributed by atoms with Crippen molar-refractivity contribution >= 4 is 12.0 Å². The normalized spacial score (nSPS) is 17.5. The van der Waals surface area contributed by atoms with Gasteiger partial charge in [0, 0.05) is 31.5 Å². The number of hydrogen-bond acceptors (Lipinski definition) is 5. The molecule has 1 aromatic heterocycles. The van der Waals surface area contributed by atoms with E-state index in [1.807, 2.05) is 20.8 Å². The van der Waals surface area contributed by atoms with Gasteiger partial charge in [0.15, 0.2) is 0 Å². The standard InChI is InChI=1S/C14H22N4O3/c1-14(2,3)12(19)21-18-7-4-11(5-8-18)16-13(20)17-9-6-15-10-17/h6,9-11H,4-5,7-8H2,1-3H3,(H,16,20). The van der Waals surface area contributed by atoms with Crippen molar-refractivity contribution in [3.63, 3.8) is 0 Å². The number of carbonyl (C=O) groups is 2. The summed E-state index contributed by atoms with van der Waals surface area (Å²) < 4.78 is 1.41. The first-order chi connectivity index (χ1) is 9.86. The third kappa shape index (κ3) is 4.29. The summed E-state index contributed by atoms with van der Waals surface area (Å²) >= 11 is 0. The molecule has 0 saturated carbocycles. The highest BCUT2D eigenvalue weighted by atomic mass is 16.7. The molecule has 1 aliphatic heterocycles. The zero-order chi connectivity index (χ0) is 15.5. The first-order valence-electron chi connectivity index (χ1n) is 7.12. The molecule has 1 amide bonds. The molecule has 0 radical (unpaired) electrons. The Morgan fingerprint density at radius 1 is 1.29 bits per heavy atom. The molecule has 116 valence electrons. The van der Waals surface area contributed by atoms with Crippen LogP contribution in [0.25, 0.3) is 0 Å². The van der Waals surface area contributed by atoms with E-state index in [1.54, 1.807) is 17.5 Å². The molecular weight excluding hydrogens is 272 g/mol. The Bertz CT molecular complexity index is 485. The van der Waals surface area contributed by atoms with E-state index in [1.165, 1.54) is 10.9 Å². The second-order valence-corrected chi connectivity index (χ2v) is 6.25. The van der Waals surface area contributed by atoms with Gasteiger partial charge in [0.2, 0.25) is 0 Å². The summed E-state index contributed by atoms with van der Waals surface area (Å²) in [6.07, 6.45) is 6.13. The number of aromatic nitrogens is 2. The molecule has 21 heavy (non-hydrogen) atoms. The van der Waals surface area contributed by atoms with Crippen LogP contribution in [-0.4, -0.2) is 45.7 Å². The SMILES string of the molecule is CC(C)(C)C(=O)ON1CCC(NC(=O)n2ccnc2)CC1. The molecule has 1 aliphatic rings. The van der Waals surface area contributed by atoms with E-state index in [2.05, 4.69) is 10.3 Å². The van der Waals surface area contributed by atoms with E-state index in [0.717, 1.165) is 12.8 Å². The summed E-state index contributed by atoms with van der Waals surface area (Å²) in [7, 11) is 0. The molecular formula is C14H22N4O3. The van der Waals surface area contributed by atoms with Crippen LogP contribution in [-0.2, 0) is 9.63 Å². The quantitative estimate of drug-likeness (QED) is 0.892. The van der Waals surface area contributed by atoms with Crippen molar-refractivity contribution in [3.8, 4) is 0 Å². The summed E-state index contributed by atoms with van der Waals surface area (Å²) in [5.41, 5.74) is -0.507. The highest BCUT2D eigenvalue weighted by Crippen LogP contribution is 2.18. The smallest absolute Gasteiger partial charge is 0.330 e. The summed E-state index contributed by atoms with van der Waals surface area (Å²) in [6, 6.07) is -0.0953. The van der Waals surface area contributed by atoms with Gasteiger partial charge in [0.25, 0.3) is 0 Å². The predicted molar refractivity (Wildman–Crippen MR) is 76.3 cm³/mol. The van der Waals surface area contributed by atoms with Crippen molar-refractivity contribution in [1.82, 2.24) is 19.9 Å². The lowest BCUT2D eigenvalue weighted by Gasteiger charge is -2.32. The fourth-order valence-electron chi connectivity index (χ4n) is 1.97. The zero-order valence-electron chi connectivity index (χ0n) is 12.7. The maximum Gasteiger partial charge on any atom is 0.330 e. The van der Waals surface area contributed by atoms with Gasteiger partial charge in [0.05, 0.1) is 5.41 Å². The molecule has 0 spiro atoms. The Morgan fingerprint density at radius 3 is 2.48 bits per heavy atom. The number of amides is 1. The van der Waals surface area contributed by atoms with E-state index < -0.39 is 5.41 Å². The van der Waals surface area contributed by atoms with Gasteiger partial charge in [-0.3, -0.25) is 4.57 Å². The van der Waals surface area contributed by atoms with Crippen LogP contribution in [0.3, 0.4) is 0 Å². The van der Waals surface area contributed by atoms with E-state index in [9.17, 15) is 9.59 Å². The molecule has 0 bridgehead atoms. The number of hydroxylamine groups is 2. The minimum Gasteiger partial charge on any atom is -0.367 e. The van der Waals surface area contributed by atoms with Crippen molar-refractivity contribution in [2.24, 2.45) is 5.41 Å². The van der Waals surface area contributed by atoms with Crippen LogP contribution >= 0.6 is 0 Å². The molecule has 1 fully saturated rings. The molecule has 0 aliphatic carbocycles. The van der Waals surface area contributed by atoms with E-state index >= 15 is 0 Å². The number of imidazole rings is 1. The van der Waals surface area contributed by atoms with E-state index in [-0.39, 0.29) is 18.0 Å². The Kier molecular flexibility index (Phi) is 4.62. The van der Waals surface area contributed by atoms with Crippen LogP contribution in [0.1, 0.15) is 33.6 Å². The highest BCUT2D eigenvalue weighted by Gasteiger charge is 2.28. The second-order valence-electron chi connectivity index (χ2n) is 6.25. The molecule has 0 unspecified atom stereocenters. The van der Waals surface area contributed by atoms with Crippen LogP contribution in [0, 0.1) is 5.41 Å². The maximum atomic E-state index is 11.9. The Hall–Kier alpha value is -1.89. The van der Waals surface area contributed by atoms with Gasteiger partial charge >= 0.3 is 12.0 Å². The highest BCUT2D eigenvalue weighted by molar-refractivity contribution is 5.76. The number of carbonyl (C=O) groups excluding carboxylic acids is 2. The van der Waals surface area contributed by atoms with Gasteiger partial charge in [-0.1, -0.05) is 0 Å². The molecule has 7 nitrogen and oxygen atoms in total. The fraction of sp³-hybridized carbons (Fsp3) is 0.643. The number of nitrogens with one attached hydrogen (secondary N) is 1. The first-order valence-corrected chi connectivity index (χ1v) is 7.12. The third-order valence-corrected chi connectivity index (χ3v) is 3.34. The molecule has 2 rings (SSSR count). The van der Waals surface area contributed by atoms with E-state index in [4.69, 9.17) is 4.84 Å². The summed E-state index contributed by atoms with van der Waals surface area (Å²) in [5.74, 6) is -0.233. The Morgan fingerprint density at radius 2 is 1.95 bits per heavy atom. The van der Waals surface area contributed by atoms with Crippen molar-refractivity contribution in [2.75, 3.05) is 13.1 Å². The topological polar surface area (TPSA) is 76.5 Å². The lowest BCUT2D eigenvalue weighted by Crippen LogP contribution is -2.46. The molecule has 0 atom stereocenters. The van der Waals surface area contributed by atoms with Gasteiger partial charge in [-0.25, -0.2) is 14.6 Å². The zero-order valence-corrected chi connectivity index (χ0v) is 12.7. The Balaban J connectivity index is 1.76. The summed E-state index contributed by atoms with van der Waals surface area (Å²) in [6.45, 7) is 6.72. The van der Waals surface area contributed by atoms with E-state index in [0.29, 0.717) is 13.1 Å². The fourth-order valence-corrected chi connectivity index (χ4v) is 1.97. The van der Waals surface area contributed by atoms with Crippen molar-refractivity contribution in [2.45, 2.75) is 39.7 Å². The average Bonchev–Trinajstić information content (AvgIpc) is 2.94. The van der Waals surface area contributed by atoms with Crippen molar-refractivity contribution < 1.29 is 14.4 Å². The number of rotatable bonds is 2. The first kappa shape index (κ1) is 15.5. The van der Waals surface area contributed by atoms with Crippen molar-refractivity contribution in [1.29, 1.82) is 0 Å². The van der Waals surface area contributed by atoms with Gasteiger partial charge in [-0.05, 0) is 33.6 Å². The molecule has 7 heteroatoms. The predicted octanol–water partition coefficient (Wildman–Crippen LogP) is 1.41. The molecule has 1 aromatic rings. The minimum absolute atomic E-state index is 0.0875. The number of piperidine rings is 1. The monoisotopic (exact) mass is 294 g/mol. The summed E-state index contributed by atoms with van der Waals surface area (Å²) in [4.78, 5) is 32.9. The van der Waals surface area contributed by atoms with Gasteiger partial charge in [0.1, 0.15) is 6.33 Å². The maximum absolute atomic E-state index is 11.9. The molecule has 1 N–H and O–H groups in total. The lowest BCUT2D eigenvalue weighted by molar-refractivity contribution is -0.204. The lowest BCUT2D eigenvalue weighted by atomic mass is 9.98. The Labute approximate surface area is 124 Å². The van der Waals surface area contributed by atoms with Crippen LogP contribution < -0.4 is 5.32 Å². The van der Waals surface area contributed by atoms with Gasteiger partial charge < -0.3 is 10.2 Å². The number of nitrogens with zero attached hydrogens (tertiary/aromatic N) is 3. The summed E-state index contributed by atoms with van der Waals surface area (Å²) in [5, 5.41) is 4.62. The second kappa shape index (κ2) is 6.26. The molecule has 2 heterocycles. The molecule has 1 saturated heterocycles. The average molecular weight is 294 g/mol. The van der Waals surface area contributed by atoms with Crippen LogP contribution in [0.5, 0.6) is 0 Å². The van der Waals surface area contributed by atoms with Gasteiger partial charge in [-0.2, -0.15) is 0 Å². The third-order valence-electron chi connectivity index (χ3n) is 3.34. The van der Waals surface area contributed by atoms with Gasteiger partial charge in [-0.15, -0.1) is 5.06 Å². The van der Waals surface area contributed by atoms with Crippen LogP contribution in [0.2, 0.25) is 0 Å².